The lowest BCUT2D eigenvalue weighted by Crippen LogP contribution is -2.35. The third-order valence-corrected chi connectivity index (χ3v) is 6.82. The third-order valence-electron chi connectivity index (χ3n) is 4.67. The second kappa shape index (κ2) is 9.41. The Morgan fingerprint density at radius 3 is 2.21 bits per heavy atom. The number of nitrogens with one attached hydrogen (secondary N) is 2. The van der Waals surface area contributed by atoms with Gasteiger partial charge in [0.25, 0.3) is 0 Å². The summed E-state index contributed by atoms with van der Waals surface area (Å²) in [5.41, 5.74) is 1.74. The van der Waals surface area contributed by atoms with Crippen molar-refractivity contribution >= 4 is 27.7 Å². The van der Waals surface area contributed by atoms with Crippen LogP contribution in [0.15, 0.2) is 53.4 Å². The second-order valence-electron chi connectivity index (χ2n) is 6.77. The summed E-state index contributed by atoms with van der Waals surface area (Å²) in [5.74, 6) is 0. The molecule has 0 radical (unpaired) electrons. The molecule has 1 aliphatic heterocycles. The summed E-state index contributed by atoms with van der Waals surface area (Å²) in [6.07, 6.45) is 2.90. The molecule has 1 aliphatic rings. The monoisotopic (exact) mass is 421 g/mol. The lowest BCUT2D eigenvalue weighted by Gasteiger charge is -2.25. The van der Waals surface area contributed by atoms with Gasteiger partial charge in [0.2, 0.25) is 10.0 Å². The van der Waals surface area contributed by atoms with E-state index in [0.717, 1.165) is 30.4 Å². The molecule has 150 valence electrons. The summed E-state index contributed by atoms with van der Waals surface area (Å²) >= 11 is 5.92. The van der Waals surface area contributed by atoms with E-state index in [1.165, 1.54) is 0 Å². The van der Waals surface area contributed by atoms with Gasteiger partial charge < -0.3 is 10.6 Å². The van der Waals surface area contributed by atoms with Crippen molar-refractivity contribution in [2.45, 2.75) is 37.2 Å². The molecule has 0 spiro atoms. The summed E-state index contributed by atoms with van der Waals surface area (Å²) in [5, 5.41) is 6.15. The molecule has 6 nitrogen and oxygen atoms in total. The number of urea groups is 1. The second-order valence-corrected chi connectivity index (χ2v) is 9.15. The van der Waals surface area contributed by atoms with E-state index in [-0.39, 0.29) is 6.03 Å². The van der Waals surface area contributed by atoms with Gasteiger partial charge in [-0.1, -0.05) is 42.3 Å². The van der Waals surface area contributed by atoms with E-state index in [4.69, 9.17) is 11.6 Å². The highest BCUT2D eigenvalue weighted by atomic mass is 35.5. The van der Waals surface area contributed by atoms with E-state index in [1.54, 1.807) is 40.7 Å². The van der Waals surface area contributed by atoms with Crippen LogP contribution >= 0.6 is 11.6 Å². The first kappa shape index (κ1) is 20.6. The van der Waals surface area contributed by atoms with Gasteiger partial charge in [-0.05, 0) is 48.2 Å². The highest BCUT2D eigenvalue weighted by molar-refractivity contribution is 7.89. The predicted octanol–water partition coefficient (Wildman–Crippen LogP) is 3.51. The van der Waals surface area contributed by atoms with Gasteiger partial charge in [-0.15, -0.1) is 0 Å². The fraction of sp³-hybridized carbons (Fsp3) is 0.350. The zero-order valence-corrected chi connectivity index (χ0v) is 17.1. The number of hydrogen-bond donors (Lipinski definition) is 2. The first-order valence-corrected chi connectivity index (χ1v) is 11.1. The standard InChI is InChI=1S/C20H24ClN3O3S/c21-18-6-4-5-17(13-18)15-23-20(25)22-14-16-7-9-19(10-8-16)28(26,27)24-11-2-1-3-12-24/h4-10,13H,1-3,11-12,14-15H2,(H2,22,23,25). The number of sulfonamides is 1. The Morgan fingerprint density at radius 2 is 1.57 bits per heavy atom. The number of hydrogen-bond acceptors (Lipinski definition) is 3. The zero-order valence-electron chi connectivity index (χ0n) is 15.5. The molecule has 1 heterocycles. The largest absolute Gasteiger partial charge is 0.334 e. The predicted molar refractivity (Wildman–Crippen MR) is 110 cm³/mol. The maximum Gasteiger partial charge on any atom is 0.315 e. The first-order valence-electron chi connectivity index (χ1n) is 9.30. The number of rotatable bonds is 6. The minimum Gasteiger partial charge on any atom is -0.334 e. The molecule has 0 bridgehead atoms. The Morgan fingerprint density at radius 1 is 0.929 bits per heavy atom. The van der Waals surface area contributed by atoms with E-state index in [9.17, 15) is 13.2 Å². The third kappa shape index (κ3) is 5.47. The maximum atomic E-state index is 12.6. The van der Waals surface area contributed by atoms with Gasteiger partial charge in [0, 0.05) is 31.2 Å². The Hall–Kier alpha value is -2.09. The highest BCUT2D eigenvalue weighted by Gasteiger charge is 2.25. The summed E-state index contributed by atoms with van der Waals surface area (Å²) in [6.45, 7) is 1.85. The molecular formula is C20H24ClN3O3S. The Bertz CT molecular complexity index is 911. The van der Waals surface area contributed by atoms with Gasteiger partial charge in [-0.25, -0.2) is 13.2 Å². The first-order chi connectivity index (χ1) is 13.4. The fourth-order valence-corrected chi connectivity index (χ4v) is 4.84. The molecule has 2 aromatic rings. The van der Waals surface area contributed by atoms with Crippen LogP contribution in [-0.2, 0) is 23.1 Å². The number of carbonyl (C=O) groups excluding carboxylic acids is 1. The molecule has 0 aromatic heterocycles. The minimum absolute atomic E-state index is 0.295. The molecule has 0 unspecified atom stereocenters. The molecule has 0 atom stereocenters. The van der Waals surface area contributed by atoms with Crippen LogP contribution in [0.2, 0.25) is 5.02 Å². The molecular weight excluding hydrogens is 398 g/mol. The van der Waals surface area contributed by atoms with Crippen molar-refractivity contribution in [2.75, 3.05) is 13.1 Å². The average Bonchev–Trinajstić information content (AvgIpc) is 2.72. The molecule has 8 heteroatoms. The van der Waals surface area contributed by atoms with Crippen LogP contribution in [0.4, 0.5) is 4.79 Å². The van der Waals surface area contributed by atoms with E-state index in [0.29, 0.717) is 36.1 Å². The summed E-state index contributed by atoms with van der Waals surface area (Å²) in [6, 6.07) is 13.6. The number of benzene rings is 2. The molecule has 28 heavy (non-hydrogen) atoms. The van der Waals surface area contributed by atoms with Gasteiger partial charge in [-0.2, -0.15) is 4.31 Å². The normalized spacial score (nSPS) is 15.2. The van der Waals surface area contributed by atoms with Crippen molar-refractivity contribution in [3.8, 4) is 0 Å². The van der Waals surface area contributed by atoms with Gasteiger partial charge in [0.05, 0.1) is 4.90 Å². The van der Waals surface area contributed by atoms with Crippen LogP contribution in [0.25, 0.3) is 0 Å². The average molecular weight is 422 g/mol. The molecule has 1 fully saturated rings. The number of nitrogens with zero attached hydrogens (tertiary/aromatic N) is 1. The van der Waals surface area contributed by atoms with Crippen LogP contribution in [0.1, 0.15) is 30.4 Å². The lowest BCUT2D eigenvalue weighted by molar-refractivity contribution is 0.240. The van der Waals surface area contributed by atoms with Crippen LogP contribution < -0.4 is 10.6 Å². The number of carbonyl (C=O) groups is 1. The number of halogens is 1. The van der Waals surface area contributed by atoms with Crippen molar-refractivity contribution < 1.29 is 13.2 Å². The number of piperidine rings is 1. The molecule has 0 aliphatic carbocycles. The fourth-order valence-electron chi connectivity index (χ4n) is 3.11. The van der Waals surface area contributed by atoms with Crippen molar-refractivity contribution in [1.29, 1.82) is 0 Å². The van der Waals surface area contributed by atoms with Crippen molar-refractivity contribution in [1.82, 2.24) is 14.9 Å². The topological polar surface area (TPSA) is 78.5 Å². The van der Waals surface area contributed by atoms with E-state index in [1.807, 2.05) is 12.1 Å². The van der Waals surface area contributed by atoms with Gasteiger partial charge >= 0.3 is 6.03 Å². The molecule has 2 N–H and O–H groups in total. The highest BCUT2D eigenvalue weighted by Crippen LogP contribution is 2.20. The van der Waals surface area contributed by atoms with Gasteiger partial charge in [0.1, 0.15) is 0 Å². The van der Waals surface area contributed by atoms with Gasteiger partial charge in [0.15, 0.2) is 0 Å². The summed E-state index contributed by atoms with van der Waals surface area (Å²) < 4.78 is 26.8. The van der Waals surface area contributed by atoms with Crippen LogP contribution in [-0.4, -0.2) is 31.8 Å². The minimum atomic E-state index is -3.43. The quantitative estimate of drug-likeness (QED) is 0.749. The lowest BCUT2D eigenvalue weighted by atomic mass is 10.2. The Balaban J connectivity index is 1.50. The van der Waals surface area contributed by atoms with E-state index in [2.05, 4.69) is 10.6 Å². The van der Waals surface area contributed by atoms with Crippen LogP contribution in [0.3, 0.4) is 0 Å². The Kier molecular flexibility index (Phi) is 6.93. The van der Waals surface area contributed by atoms with Crippen molar-refractivity contribution in [2.24, 2.45) is 0 Å². The molecule has 2 aromatic carbocycles. The Labute approximate surface area is 170 Å². The molecule has 2 amide bonds. The van der Waals surface area contributed by atoms with Gasteiger partial charge in [-0.3, -0.25) is 0 Å². The summed E-state index contributed by atoms with van der Waals surface area (Å²) in [7, 11) is -3.43. The molecule has 1 saturated heterocycles. The molecule has 3 rings (SSSR count). The maximum absolute atomic E-state index is 12.6. The van der Waals surface area contributed by atoms with E-state index >= 15 is 0 Å². The van der Waals surface area contributed by atoms with Crippen LogP contribution in [0.5, 0.6) is 0 Å². The van der Waals surface area contributed by atoms with E-state index < -0.39 is 10.0 Å². The SMILES string of the molecule is O=C(NCc1ccc(S(=O)(=O)N2CCCCC2)cc1)NCc1cccc(Cl)c1. The summed E-state index contributed by atoms with van der Waals surface area (Å²) in [4.78, 5) is 12.2. The smallest absolute Gasteiger partial charge is 0.315 e. The number of amides is 2. The van der Waals surface area contributed by atoms with Crippen molar-refractivity contribution in [3.05, 3.63) is 64.7 Å². The van der Waals surface area contributed by atoms with Crippen LogP contribution in [0, 0.1) is 0 Å². The molecule has 0 saturated carbocycles. The van der Waals surface area contributed by atoms with Crippen molar-refractivity contribution in [3.63, 3.8) is 0 Å². The zero-order chi connectivity index (χ0) is 20.0.